The average Bonchev–Trinajstić information content (AvgIpc) is 2.33. The molecule has 1 aliphatic rings. The van der Waals surface area contributed by atoms with Crippen LogP contribution in [0.4, 0.5) is 0 Å². The van der Waals surface area contributed by atoms with Gasteiger partial charge in [0, 0.05) is 36.7 Å². The Labute approximate surface area is 121 Å². The quantitative estimate of drug-likeness (QED) is 0.771. The third-order valence-electron chi connectivity index (χ3n) is 3.94. The summed E-state index contributed by atoms with van der Waals surface area (Å²) in [5.74, 6) is 0.711. The van der Waals surface area contributed by atoms with E-state index in [1.807, 2.05) is 12.1 Å². The van der Waals surface area contributed by atoms with Crippen molar-refractivity contribution in [2.24, 2.45) is 5.92 Å². The van der Waals surface area contributed by atoms with Gasteiger partial charge in [0.25, 0.3) is 0 Å². The van der Waals surface area contributed by atoms with Crippen LogP contribution in [0, 0.1) is 5.92 Å². The monoisotopic (exact) mass is 281 g/mol. The molecule has 1 aliphatic heterocycles. The van der Waals surface area contributed by atoms with Crippen molar-refractivity contribution in [3.63, 3.8) is 0 Å². The molecule has 0 aromatic heterocycles. The molecule has 0 unspecified atom stereocenters. The summed E-state index contributed by atoms with van der Waals surface area (Å²) < 4.78 is 5.77. The van der Waals surface area contributed by atoms with Gasteiger partial charge in [0.15, 0.2) is 0 Å². The molecule has 1 saturated heterocycles. The highest BCUT2D eigenvalue weighted by Gasteiger charge is 2.39. The molecule has 1 aromatic carbocycles. The van der Waals surface area contributed by atoms with E-state index < -0.39 is 0 Å². The molecule has 106 valence electrons. The second-order valence-electron chi connectivity index (χ2n) is 5.91. The summed E-state index contributed by atoms with van der Waals surface area (Å²) >= 11 is 6.33. The minimum Gasteiger partial charge on any atom is -0.381 e. The fraction of sp³-hybridized carbons (Fsp3) is 0.625. The van der Waals surface area contributed by atoms with Crippen molar-refractivity contribution in [1.29, 1.82) is 0 Å². The van der Waals surface area contributed by atoms with E-state index in [-0.39, 0.29) is 5.41 Å². The van der Waals surface area contributed by atoms with Crippen molar-refractivity contribution in [2.45, 2.75) is 32.1 Å². The third-order valence-corrected chi connectivity index (χ3v) is 4.27. The number of benzene rings is 1. The molecule has 0 radical (unpaired) electrons. The minimum absolute atomic E-state index is 0.177. The molecule has 2 nitrogen and oxygen atoms in total. The second kappa shape index (κ2) is 6.74. The van der Waals surface area contributed by atoms with Gasteiger partial charge in [0.1, 0.15) is 0 Å². The standard InChI is InChI=1S/C16H24ClNO/c1-13(2)7-9-19-10-8-16(11-18-12-16)14-5-3-4-6-15(14)17/h3-6,13,18H,7-12H2,1-2H3. The minimum atomic E-state index is 0.177. The van der Waals surface area contributed by atoms with Crippen molar-refractivity contribution < 1.29 is 4.74 Å². The maximum atomic E-state index is 6.33. The molecule has 2 rings (SSSR count). The second-order valence-corrected chi connectivity index (χ2v) is 6.32. The van der Waals surface area contributed by atoms with Gasteiger partial charge in [-0.15, -0.1) is 0 Å². The van der Waals surface area contributed by atoms with Gasteiger partial charge in [0.2, 0.25) is 0 Å². The normalized spacial score (nSPS) is 17.5. The largest absolute Gasteiger partial charge is 0.381 e. The summed E-state index contributed by atoms with van der Waals surface area (Å²) in [4.78, 5) is 0. The molecule has 0 aliphatic carbocycles. The summed E-state index contributed by atoms with van der Waals surface area (Å²) in [6, 6.07) is 8.19. The molecule has 0 amide bonds. The average molecular weight is 282 g/mol. The summed E-state index contributed by atoms with van der Waals surface area (Å²) in [5.41, 5.74) is 1.44. The van der Waals surface area contributed by atoms with Gasteiger partial charge in [-0.25, -0.2) is 0 Å². The first-order valence-corrected chi connectivity index (χ1v) is 7.55. The summed E-state index contributed by atoms with van der Waals surface area (Å²) in [6.45, 7) is 8.15. The van der Waals surface area contributed by atoms with Crippen molar-refractivity contribution >= 4 is 11.6 Å². The van der Waals surface area contributed by atoms with Gasteiger partial charge in [0.05, 0.1) is 0 Å². The van der Waals surface area contributed by atoms with E-state index in [0.717, 1.165) is 44.2 Å². The summed E-state index contributed by atoms with van der Waals surface area (Å²) in [7, 11) is 0. The number of halogens is 1. The van der Waals surface area contributed by atoms with Crippen molar-refractivity contribution in [3.8, 4) is 0 Å². The topological polar surface area (TPSA) is 21.3 Å². The molecule has 1 N–H and O–H groups in total. The van der Waals surface area contributed by atoms with Gasteiger partial charge in [-0.05, 0) is 30.4 Å². The number of ether oxygens (including phenoxy) is 1. The molecule has 1 heterocycles. The maximum Gasteiger partial charge on any atom is 0.0475 e. The van der Waals surface area contributed by atoms with E-state index in [4.69, 9.17) is 16.3 Å². The van der Waals surface area contributed by atoms with Gasteiger partial charge in [-0.3, -0.25) is 0 Å². The molecular weight excluding hydrogens is 258 g/mol. The lowest BCUT2D eigenvalue weighted by Gasteiger charge is -2.43. The Morgan fingerprint density at radius 1 is 1.26 bits per heavy atom. The third kappa shape index (κ3) is 3.71. The molecule has 0 bridgehead atoms. The smallest absolute Gasteiger partial charge is 0.0475 e. The number of nitrogens with one attached hydrogen (secondary N) is 1. The highest BCUT2D eigenvalue weighted by atomic mass is 35.5. The zero-order valence-electron chi connectivity index (χ0n) is 11.9. The molecule has 1 fully saturated rings. The summed E-state index contributed by atoms with van der Waals surface area (Å²) in [5, 5.41) is 4.25. The van der Waals surface area contributed by atoms with Crippen LogP contribution >= 0.6 is 11.6 Å². The molecular formula is C16H24ClNO. The first-order chi connectivity index (χ1) is 9.14. The van der Waals surface area contributed by atoms with E-state index in [1.54, 1.807) is 0 Å². The van der Waals surface area contributed by atoms with Gasteiger partial charge < -0.3 is 10.1 Å². The molecule has 0 atom stereocenters. The van der Waals surface area contributed by atoms with Gasteiger partial charge in [-0.1, -0.05) is 43.6 Å². The molecule has 0 spiro atoms. The lowest BCUT2D eigenvalue weighted by Crippen LogP contribution is -2.57. The SMILES string of the molecule is CC(C)CCOCCC1(c2ccccc2Cl)CNC1. The Balaban J connectivity index is 1.87. The van der Waals surface area contributed by atoms with E-state index in [9.17, 15) is 0 Å². The fourth-order valence-electron chi connectivity index (χ4n) is 2.51. The fourth-order valence-corrected chi connectivity index (χ4v) is 2.84. The van der Waals surface area contributed by atoms with Crippen molar-refractivity contribution in [1.82, 2.24) is 5.32 Å². The van der Waals surface area contributed by atoms with Crippen molar-refractivity contribution in [2.75, 3.05) is 26.3 Å². The molecule has 19 heavy (non-hydrogen) atoms. The van der Waals surface area contributed by atoms with Crippen LogP contribution in [-0.2, 0) is 10.2 Å². The zero-order valence-corrected chi connectivity index (χ0v) is 12.7. The Morgan fingerprint density at radius 3 is 2.58 bits per heavy atom. The predicted octanol–water partition coefficient (Wildman–Crippen LogP) is 3.63. The van der Waals surface area contributed by atoms with Crippen LogP contribution in [-0.4, -0.2) is 26.3 Å². The lowest BCUT2D eigenvalue weighted by atomic mass is 9.73. The van der Waals surface area contributed by atoms with Crippen LogP contribution in [0.3, 0.4) is 0 Å². The van der Waals surface area contributed by atoms with Gasteiger partial charge >= 0.3 is 0 Å². The molecule has 0 saturated carbocycles. The van der Waals surface area contributed by atoms with Crippen LogP contribution in [0.5, 0.6) is 0 Å². The highest BCUT2D eigenvalue weighted by molar-refractivity contribution is 6.31. The Morgan fingerprint density at radius 2 is 2.00 bits per heavy atom. The molecule has 1 aromatic rings. The first-order valence-electron chi connectivity index (χ1n) is 7.17. The van der Waals surface area contributed by atoms with E-state index in [1.165, 1.54) is 5.56 Å². The highest BCUT2D eigenvalue weighted by Crippen LogP contribution is 2.36. The van der Waals surface area contributed by atoms with E-state index in [0.29, 0.717) is 5.92 Å². The Hall–Kier alpha value is -0.570. The zero-order chi connectivity index (χ0) is 13.7. The predicted molar refractivity (Wildman–Crippen MR) is 80.9 cm³/mol. The number of rotatable bonds is 7. The van der Waals surface area contributed by atoms with E-state index in [2.05, 4.69) is 31.3 Å². The number of hydrogen-bond donors (Lipinski definition) is 1. The van der Waals surface area contributed by atoms with Crippen LogP contribution in [0.25, 0.3) is 0 Å². The lowest BCUT2D eigenvalue weighted by molar-refractivity contribution is 0.0921. The van der Waals surface area contributed by atoms with Crippen molar-refractivity contribution in [3.05, 3.63) is 34.9 Å². The molecule has 3 heteroatoms. The van der Waals surface area contributed by atoms with Crippen LogP contribution in [0.2, 0.25) is 5.02 Å². The summed E-state index contributed by atoms with van der Waals surface area (Å²) in [6.07, 6.45) is 2.18. The van der Waals surface area contributed by atoms with Crippen LogP contribution in [0.15, 0.2) is 24.3 Å². The van der Waals surface area contributed by atoms with Gasteiger partial charge in [-0.2, -0.15) is 0 Å². The first kappa shape index (κ1) is 14.8. The Kier molecular flexibility index (Phi) is 5.26. The number of hydrogen-bond acceptors (Lipinski definition) is 2. The van der Waals surface area contributed by atoms with Crippen LogP contribution < -0.4 is 5.32 Å². The van der Waals surface area contributed by atoms with E-state index >= 15 is 0 Å². The van der Waals surface area contributed by atoms with Crippen LogP contribution in [0.1, 0.15) is 32.3 Å². The maximum absolute atomic E-state index is 6.33. The Bertz CT molecular complexity index is 401.